The van der Waals surface area contributed by atoms with Crippen molar-refractivity contribution < 1.29 is 4.79 Å². The molecule has 1 aliphatic heterocycles. The van der Waals surface area contributed by atoms with E-state index in [1.165, 1.54) is 12.0 Å². The van der Waals surface area contributed by atoms with E-state index >= 15 is 0 Å². The van der Waals surface area contributed by atoms with Crippen LogP contribution in [0, 0.1) is 6.92 Å². The lowest BCUT2D eigenvalue weighted by Crippen LogP contribution is -2.36. The number of rotatable bonds is 4. The Morgan fingerprint density at radius 1 is 1.39 bits per heavy atom. The molecule has 0 saturated carbocycles. The summed E-state index contributed by atoms with van der Waals surface area (Å²) in [7, 11) is 0. The van der Waals surface area contributed by atoms with Crippen molar-refractivity contribution in [1.29, 1.82) is 0 Å². The molecule has 0 aromatic carbocycles. The number of nitrogens with one attached hydrogen (secondary N) is 1. The maximum atomic E-state index is 11.9. The highest BCUT2D eigenvalue weighted by atomic mass is 16.2. The van der Waals surface area contributed by atoms with Gasteiger partial charge in [0, 0.05) is 32.3 Å². The molecule has 2 heterocycles. The average molecular weight is 247 g/mol. The fourth-order valence-corrected chi connectivity index (χ4v) is 2.23. The van der Waals surface area contributed by atoms with E-state index in [4.69, 9.17) is 0 Å². The van der Waals surface area contributed by atoms with E-state index in [1.54, 1.807) is 6.20 Å². The Balaban J connectivity index is 1.73. The third kappa shape index (κ3) is 3.72. The van der Waals surface area contributed by atoms with Crippen LogP contribution in [0.1, 0.15) is 31.2 Å². The molecule has 1 fully saturated rings. The minimum absolute atomic E-state index is 0.259. The van der Waals surface area contributed by atoms with Crippen LogP contribution in [0.15, 0.2) is 18.3 Å². The molecule has 18 heavy (non-hydrogen) atoms. The van der Waals surface area contributed by atoms with E-state index < -0.39 is 0 Å². The standard InChI is InChI=1S/C14H21N3O/c1-12-5-7-15-13(11-12)16-8-6-14(18)17-9-3-2-4-10-17/h5,7,11H,2-4,6,8-10H2,1H3,(H,15,16). The number of piperidine rings is 1. The van der Waals surface area contributed by atoms with Crippen molar-refractivity contribution in [3.8, 4) is 0 Å². The predicted octanol–water partition coefficient (Wildman–Crippen LogP) is 2.20. The van der Waals surface area contributed by atoms with Gasteiger partial charge in [0.1, 0.15) is 5.82 Å². The number of likely N-dealkylation sites (tertiary alicyclic amines) is 1. The smallest absolute Gasteiger partial charge is 0.224 e. The minimum atomic E-state index is 0.259. The Morgan fingerprint density at radius 3 is 2.89 bits per heavy atom. The molecule has 0 atom stereocenters. The van der Waals surface area contributed by atoms with E-state index in [-0.39, 0.29) is 5.91 Å². The van der Waals surface area contributed by atoms with E-state index in [0.29, 0.717) is 13.0 Å². The zero-order chi connectivity index (χ0) is 12.8. The molecule has 1 N–H and O–H groups in total. The molecular formula is C14H21N3O. The third-order valence-corrected chi connectivity index (χ3v) is 3.27. The largest absolute Gasteiger partial charge is 0.370 e. The van der Waals surface area contributed by atoms with Gasteiger partial charge in [0.15, 0.2) is 0 Å². The van der Waals surface area contributed by atoms with Crippen LogP contribution in [-0.4, -0.2) is 35.4 Å². The summed E-state index contributed by atoms with van der Waals surface area (Å²) in [6.45, 7) is 4.56. The first kappa shape index (κ1) is 12.9. The summed E-state index contributed by atoms with van der Waals surface area (Å²) < 4.78 is 0. The number of hydrogen-bond acceptors (Lipinski definition) is 3. The summed E-state index contributed by atoms with van der Waals surface area (Å²) in [5, 5.41) is 3.20. The van der Waals surface area contributed by atoms with E-state index in [2.05, 4.69) is 10.3 Å². The van der Waals surface area contributed by atoms with Gasteiger partial charge in [-0.3, -0.25) is 4.79 Å². The zero-order valence-electron chi connectivity index (χ0n) is 11.0. The van der Waals surface area contributed by atoms with Crippen LogP contribution >= 0.6 is 0 Å². The maximum absolute atomic E-state index is 11.9. The quantitative estimate of drug-likeness (QED) is 0.887. The van der Waals surface area contributed by atoms with Crippen LogP contribution < -0.4 is 5.32 Å². The number of hydrogen-bond donors (Lipinski definition) is 1. The van der Waals surface area contributed by atoms with Gasteiger partial charge in [0.25, 0.3) is 0 Å². The number of aryl methyl sites for hydroxylation is 1. The molecule has 98 valence electrons. The van der Waals surface area contributed by atoms with Gasteiger partial charge < -0.3 is 10.2 Å². The van der Waals surface area contributed by atoms with E-state index in [0.717, 1.165) is 31.7 Å². The molecule has 4 nitrogen and oxygen atoms in total. The van der Waals surface area contributed by atoms with Gasteiger partial charge in [-0.2, -0.15) is 0 Å². The van der Waals surface area contributed by atoms with Crippen molar-refractivity contribution in [1.82, 2.24) is 9.88 Å². The molecule has 1 aromatic rings. The van der Waals surface area contributed by atoms with Crippen LogP contribution in [-0.2, 0) is 4.79 Å². The van der Waals surface area contributed by atoms with Crippen LogP contribution in [0.25, 0.3) is 0 Å². The summed E-state index contributed by atoms with van der Waals surface area (Å²) in [6.07, 6.45) is 5.90. The Labute approximate surface area is 108 Å². The molecule has 1 saturated heterocycles. The summed E-state index contributed by atoms with van der Waals surface area (Å²) in [4.78, 5) is 18.1. The number of carbonyl (C=O) groups excluding carboxylic acids is 1. The molecule has 0 spiro atoms. The summed E-state index contributed by atoms with van der Waals surface area (Å²) >= 11 is 0. The molecule has 0 aliphatic carbocycles. The Bertz CT molecular complexity index is 400. The van der Waals surface area contributed by atoms with Gasteiger partial charge in [-0.1, -0.05) is 0 Å². The lowest BCUT2D eigenvalue weighted by molar-refractivity contribution is -0.131. The molecule has 0 bridgehead atoms. The third-order valence-electron chi connectivity index (χ3n) is 3.27. The number of anilines is 1. The van der Waals surface area contributed by atoms with Crippen molar-refractivity contribution in [2.75, 3.05) is 25.0 Å². The van der Waals surface area contributed by atoms with Gasteiger partial charge in [0.05, 0.1) is 0 Å². The van der Waals surface area contributed by atoms with Crippen molar-refractivity contribution in [3.63, 3.8) is 0 Å². The van der Waals surface area contributed by atoms with Gasteiger partial charge >= 0.3 is 0 Å². The minimum Gasteiger partial charge on any atom is -0.370 e. The summed E-state index contributed by atoms with van der Waals surface area (Å²) in [6, 6.07) is 3.95. The monoisotopic (exact) mass is 247 g/mol. The van der Waals surface area contributed by atoms with Crippen molar-refractivity contribution in [2.45, 2.75) is 32.6 Å². The number of nitrogens with zero attached hydrogens (tertiary/aromatic N) is 2. The van der Waals surface area contributed by atoms with Crippen molar-refractivity contribution in [2.24, 2.45) is 0 Å². The molecular weight excluding hydrogens is 226 g/mol. The molecule has 4 heteroatoms. The molecule has 1 amide bonds. The van der Waals surface area contributed by atoms with Gasteiger partial charge in [0.2, 0.25) is 5.91 Å². The highest BCUT2D eigenvalue weighted by Gasteiger charge is 2.15. The van der Waals surface area contributed by atoms with E-state index in [9.17, 15) is 4.79 Å². The topological polar surface area (TPSA) is 45.2 Å². The highest BCUT2D eigenvalue weighted by Crippen LogP contribution is 2.10. The lowest BCUT2D eigenvalue weighted by atomic mass is 10.1. The first-order valence-corrected chi connectivity index (χ1v) is 6.70. The van der Waals surface area contributed by atoms with E-state index in [1.807, 2.05) is 24.0 Å². The van der Waals surface area contributed by atoms with Crippen molar-refractivity contribution >= 4 is 11.7 Å². The van der Waals surface area contributed by atoms with Gasteiger partial charge in [-0.05, 0) is 43.9 Å². The fourth-order valence-electron chi connectivity index (χ4n) is 2.23. The van der Waals surface area contributed by atoms with Crippen molar-refractivity contribution in [3.05, 3.63) is 23.9 Å². The Kier molecular flexibility index (Phi) is 4.56. The molecule has 0 unspecified atom stereocenters. The first-order chi connectivity index (χ1) is 8.75. The molecule has 2 rings (SSSR count). The second-order valence-electron chi connectivity index (χ2n) is 4.84. The maximum Gasteiger partial charge on any atom is 0.224 e. The summed E-state index contributed by atoms with van der Waals surface area (Å²) in [5.41, 5.74) is 1.18. The number of aromatic nitrogens is 1. The number of carbonyl (C=O) groups is 1. The SMILES string of the molecule is Cc1ccnc(NCCC(=O)N2CCCCC2)c1. The Morgan fingerprint density at radius 2 is 2.17 bits per heavy atom. The van der Waals surface area contributed by atoms with Crippen LogP contribution in [0.5, 0.6) is 0 Å². The van der Waals surface area contributed by atoms with Crippen LogP contribution in [0.4, 0.5) is 5.82 Å². The predicted molar refractivity (Wildman–Crippen MR) is 72.5 cm³/mol. The van der Waals surface area contributed by atoms with Crippen LogP contribution in [0.2, 0.25) is 0 Å². The lowest BCUT2D eigenvalue weighted by Gasteiger charge is -2.26. The average Bonchev–Trinajstić information content (AvgIpc) is 2.40. The van der Waals surface area contributed by atoms with Gasteiger partial charge in [-0.15, -0.1) is 0 Å². The molecule has 1 aliphatic rings. The van der Waals surface area contributed by atoms with Crippen LogP contribution in [0.3, 0.4) is 0 Å². The first-order valence-electron chi connectivity index (χ1n) is 6.70. The molecule has 0 radical (unpaired) electrons. The number of amides is 1. The Hall–Kier alpha value is -1.58. The summed E-state index contributed by atoms with van der Waals surface area (Å²) in [5.74, 6) is 1.11. The second-order valence-corrected chi connectivity index (χ2v) is 4.84. The normalized spacial score (nSPS) is 15.5. The number of pyridine rings is 1. The zero-order valence-corrected chi connectivity index (χ0v) is 11.0. The van der Waals surface area contributed by atoms with Gasteiger partial charge in [-0.25, -0.2) is 4.98 Å². The fraction of sp³-hybridized carbons (Fsp3) is 0.571. The molecule has 1 aromatic heterocycles. The highest BCUT2D eigenvalue weighted by molar-refractivity contribution is 5.76. The second kappa shape index (κ2) is 6.38.